The highest BCUT2D eigenvalue weighted by Gasteiger charge is 2.45. The first-order valence-corrected chi connectivity index (χ1v) is 13.6. The molecule has 1 aliphatic rings. The molecule has 0 aromatic heterocycles. The second-order valence-electron chi connectivity index (χ2n) is 11.0. The van der Waals surface area contributed by atoms with Crippen LogP contribution in [-0.4, -0.2) is 39.4 Å². The summed E-state index contributed by atoms with van der Waals surface area (Å²) >= 11 is 6.07. The van der Waals surface area contributed by atoms with Crippen LogP contribution < -0.4 is 10.6 Å². The van der Waals surface area contributed by atoms with Gasteiger partial charge in [0, 0.05) is 17.6 Å². The fraction of sp³-hybridized carbons (Fsp3) is 0.323. The number of halogens is 2. The van der Waals surface area contributed by atoms with Crippen molar-refractivity contribution in [1.82, 2.24) is 15.3 Å². The summed E-state index contributed by atoms with van der Waals surface area (Å²) in [5, 5.41) is 8.96. The average molecular weight is 565 g/mol. The van der Waals surface area contributed by atoms with Crippen LogP contribution >= 0.6 is 11.6 Å². The van der Waals surface area contributed by atoms with Gasteiger partial charge in [0.15, 0.2) is 0 Å². The van der Waals surface area contributed by atoms with Crippen molar-refractivity contribution in [2.75, 3.05) is 5.32 Å². The van der Waals surface area contributed by atoms with Gasteiger partial charge in [-0.25, -0.2) is 19.2 Å². The molecule has 3 atom stereocenters. The van der Waals surface area contributed by atoms with E-state index < -0.39 is 35.4 Å². The van der Waals surface area contributed by atoms with Crippen LogP contribution in [0, 0.1) is 5.82 Å². The lowest BCUT2D eigenvalue weighted by atomic mass is 9.86. The standard InChI is InChI=1S/C31H34ClFN4O3/c1-20(38)37(31(2,3)4)36-28(22-13-15-25(33)16-14-22)18-23(21-9-6-5-7-10-21)17-27(29(36)39)35-30(40)34-26-12-8-11-24(32)19-26/h5-16,19,23,27-28H,17-18H2,1-4H3,(H2,34,35,40). The Labute approximate surface area is 239 Å². The Morgan fingerprint density at radius 2 is 1.62 bits per heavy atom. The minimum Gasteiger partial charge on any atom is -0.326 e. The van der Waals surface area contributed by atoms with Gasteiger partial charge >= 0.3 is 6.03 Å². The summed E-state index contributed by atoms with van der Waals surface area (Å²) in [6, 6.07) is 20.3. The number of rotatable bonds is 5. The topological polar surface area (TPSA) is 81.8 Å². The van der Waals surface area contributed by atoms with E-state index in [2.05, 4.69) is 10.6 Å². The number of carbonyl (C=O) groups is 3. The number of amides is 4. The van der Waals surface area contributed by atoms with Crippen molar-refractivity contribution in [3.63, 3.8) is 0 Å². The normalized spacial score (nSPS) is 19.5. The largest absolute Gasteiger partial charge is 0.326 e. The molecule has 1 saturated heterocycles. The molecule has 1 heterocycles. The van der Waals surface area contributed by atoms with Gasteiger partial charge in [0.2, 0.25) is 5.91 Å². The predicted molar refractivity (Wildman–Crippen MR) is 154 cm³/mol. The van der Waals surface area contributed by atoms with E-state index in [1.54, 1.807) is 36.4 Å². The van der Waals surface area contributed by atoms with Crippen LogP contribution in [0.15, 0.2) is 78.9 Å². The molecule has 0 bridgehead atoms. The van der Waals surface area contributed by atoms with Crippen LogP contribution in [-0.2, 0) is 9.59 Å². The molecule has 4 rings (SSSR count). The van der Waals surface area contributed by atoms with Crippen LogP contribution in [0.2, 0.25) is 5.02 Å². The summed E-state index contributed by atoms with van der Waals surface area (Å²) in [5.41, 5.74) is 1.40. The fourth-order valence-corrected chi connectivity index (χ4v) is 5.51. The Kier molecular flexibility index (Phi) is 8.79. The van der Waals surface area contributed by atoms with E-state index in [1.165, 1.54) is 29.1 Å². The Bertz CT molecular complexity index is 1360. The van der Waals surface area contributed by atoms with Crippen LogP contribution in [0.3, 0.4) is 0 Å². The number of nitrogens with zero attached hydrogens (tertiary/aromatic N) is 2. The number of hydrogen-bond acceptors (Lipinski definition) is 3. The maximum absolute atomic E-state index is 14.4. The summed E-state index contributed by atoms with van der Waals surface area (Å²) in [4.78, 5) is 40.6. The van der Waals surface area contributed by atoms with Gasteiger partial charge in [-0.3, -0.25) is 9.59 Å². The smallest absolute Gasteiger partial charge is 0.319 e. The zero-order chi connectivity index (χ0) is 29.0. The monoisotopic (exact) mass is 564 g/mol. The van der Waals surface area contributed by atoms with E-state index in [0.717, 1.165) is 5.56 Å². The third-order valence-electron chi connectivity index (χ3n) is 6.91. The van der Waals surface area contributed by atoms with Crippen LogP contribution in [0.1, 0.15) is 63.6 Å². The van der Waals surface area contributed by atoms with Gasteiger partial charge in [-0.2, -0.15) is 0 Å². The first kappa shape index (κ1) is 29.1. The molecule has 210 valence electrons. The van der Waals surface area contributed by atoms with Gasteiger partial charge < -0.3 is 10.6 Å². The van der Waals surface area contributed by atoms with Crippen molar-refractivity contribution in [3.8, 4) is 0 Å². The number of hydrazine groups is 1. The minimum absolute atomic E-state index is 0.157. The number of urea groups is 1. The van der Waals surface area contributed by atoms with Crippen molar-refractivity contribution >= 4 is 35.1 Å². The highest BCUT2D eigenvalue weighted by atomic mass is 35.5. The van der Waals surface area contributed by atoms with E-state index in [-0.39, 0.29) is 11.8 Å². The lowest BCUT2D eigenvalue weighted by Crippen LogP contribution is -2.61. The van der Waals surface area contributed by atoms with Crippen molar-refractivity contribution in [2.24, 2.45) is 0 Å². The number of carbonyl (C=O) groups excluding carboxylic acids is 3. The van der Waals surface area contributed by atoms with E-state index in [1.807, 2.05) is 51.1 Å². The number of anilines is 1. The van der Waals surface area contributed by atoms with Gasteiger partial charge in [0.05, 0.1) is 11.6 Å². The first-order valence-electron chi connectivity index (χ1n) is 13.2. The van der Waals surface area contributed by atoms with Crippen LogP contribution in [0.5, 0.6) is 0 Å². The molecule has 3 aromatic rings. The number of hydrogen-bond donors (Lipinski definition) is 2. The van der Waals surface area contributed by atoms with E-state index in [0.29, 0.717) is 29.1 Å². The minimum atomic E-state index is -0.959. The quantitative estimate of drug-likeness (QED) is 0.363. The van der Waals surface area contributed by atoms with Crippen molar-refractivity contribution in [2.45, 2.75) is 64.1 Å². The van der Waals surface area contributed by atoms with Gasteiger partial charge in [-0.15, -0.1) is 0 Å². The molecule has 1 aliphatic heterocycles. The lowest BCUT2D eigenvalue weighted by Gasteiger charge is -2.47. The Morgan fingerprint density at radius 3 is 2.23 bits per heavy atom. The summed E-state index contributed by atoms with van der Waals surface area (Å²) in [6.07, 6.45) is 0.755. The van der Waals surface area contributed by atoms with Crippen molar-refractivity contribution in [1.29, 1.82) is 0 Å². The average Bonchev–Trinajstić information content (AvgIpc) is 3.01. The SMILES string of the molecule is CC(=O)N(N1C(=O)C(NC(=O)Nc2cccc(Cl)c2)CC(c2ccccc2)CC1c1ccc(F)cc1)C(C)(C)C. The predicted octanol–water partition coefficient (Wildman–Crippen LogP) is 6.68. The molecule has 3 unspecified atom stereocenters. The van der Waals surface area contributed by atoms with Crippen molar-refractivity contribution < 1.29 is 18.8 Å². The lowest BCUT2D eigenvalue weighted by molar-refractivity contribution is -0.181. The summed E-state index contributed by atoms with van der Waals surface area (Å²) in [6.45, 7) is 6.94. The fourth-order valence-electron chi connectivity index (χ4n) is 5.32. The molecule has 4 amide bonds. The maximum Gasteiger partial charge on any atom is 0.319 e. The molecular weight excluding hydrogens is 531 g/mol. The Balaban J connectivity index is 1.79. The maximum atomic E-state index is 14.4. The van der Waals surface area contributed by atoms with Crippen LogP contribution in [0.4, 0.5) is 14.9 Å². The Hall–Kier alpha value is -3.91. The highest BCUT2D eigenvalue weighted by Crippen LogP contribution is 2.41. The third kappa shape index (κ3) is 6.80. The molecule has 9 heteroatoms. The molecule has 0 saturated carbocycles. The van der Waals surface area contributed by atoms with Gasteiger partial charge in [0.1, 0.15) is 11.9 Å². The second-order valence-corrected chi connectivity index (χ2v) is 11.4. The Morgan fingerprint density at radius 1 is 0.950 bits per heavy atom. The van der Waals surface area contributed by atoms with Gasteiger partial charge in [-0.1, -0.05) is 60.1 Å². The molecule has 1 fully saturated rings. The molecule has 7 nitrogen and oxygen atoms in total. The molecular formula is C31H34ClFN4O3. The highest BCUT2D eigenvalue weighted by molar-refractivity contribution is 6.30. The second kappa shape index (κ2) is 12.1. The molecule has 0 radical (unpaired) electrons. The summed E-state index contributed by atoms with van der Waals surface area (Å²) < 4.78 is 13.9. The van der Waals surface area contributed by atoms with Gasteiger partial charge in [-0.05, 0) is 81.0 Å². The van der Waals surface area contributed by atoms with E-state index in [9.17, 15) is 18.8 Å². The molecule has 0 aliphatic carbocycles. The zero-order valence-corrected chi connectivity index (χ0v) is 23.8. The molecule has 2 N–H and O–H groups in total. The zero-order valence-electron chi connectivity index (χ0n) is 23.0. The molecule has 40 heavy (non-hydrogen) atoms. The summed E-state index contributed by atoms with van der Waals surface area (Å²) in [5.74, 6) is -1.31. The first-order chi connectivity index (χ1) is 18.9. The molecule has 0 spiro atoms. The number of benzene rings is 3. The summed E-state index contributed by atoms with van der Waals surface area (Å²) in [7, 11) is 0. The van der Waals surface area contributed by atoms with E-state index >= 15 is 0 Å². The molecule has 3 aromatic carbocycles. The number of nitrogens with one attached hydrogen (secondary N) is 2. The van der Waals surface area contributed by atoms with E-state index in [4.69, 9.17) is 11.6 Å². The third-order valence-corrected chi connectivity index (χ3v) is 7.14. The van der Waals surface area contributed by atoms with Gasteiger partial charge in [0.25, 0.3) is 5.91 Å². The van der Waals surface area contributed by atoms with Crippen LogP contribution in [0.25, 0.3) is 0 Å². The van der Waals surface area contributed by atoms with Crippen molar-refractivity contribution in [3.05, 3.63) is 101 Å².